The van der Waals surface area contributed by atoms with E-state index in [0.29, 0.717) is 12.3 Å². The number of ether oxygens (including phenoxy) is 2. The Bertz CT molecular complexity index is 739. The van der Waals surface area contributed by atoms with Crippen LogP contribution < -0.4 is 9.47 Å². The molecule has 0 saturated heterocycles. The number of benzene rings is 2. The number of aryl methyl sites for hydroxylation is 1. The second-order valence-corrected chi connectivity index (χ2v) is 5.82. The van der Waals surface area contributed by atoms with Gasteiger partial charge < -0.3 is 14.4 Å². The third-order valence-corrected chi connectivity index (χ3v) is 4.27. The van der Waals surface area contributed by atoms with Crippen molar-refractivity contribution in [1.82, 2.24) is 4.90 Å². The SMILES string of the molecule is COc1cc2c(cc1OC)CN(C(=O)c1cccc(C)c1)CC2. The molecule has 0 spiro atoms. The molecule has 0 aromatic heterocycles. The molecule has 1 aliphatic rings. The van der Waals surface area contributed by atoms with Crippen molar-refractivity contribution in [3.05, 3.63) is 58.7 Å². The van der Waals surface area contributed by atoms with Crippen molar-refractivity contribution in [3.8, 4) is 11.5 Å². The Morgan fingerprint density at radius 2 is 1.74 bits per heavy atom. The van der Waals surface area contributed by atoms with Gasteiger partial charge in [-0.15, -0.1) is 0 Å². The van der Waals surface area contributed by atoms with Gasteiger partial charge in [0.25, 0.3) is 5.91 Å². The number of rotatable bonds is 3. The molecule has 0 aliphatic carbocycles. The average Bonchev–Trinajstić information content (AvgIpc) is 2.59. The van der Waals surface area contributed by atoms with Crippen molar-refractivity contribution in [2.24, 2.45) is 0 Å². The summed E-state index contributed by atoms with van der Waals surface area (Å²) in [7, 11) is 3.27. The molecule has 0 bridgehead atoms. The fourth-order valence-corrected chi connectivity index (χ4v) is 3.02. The Morgan fingerprint density at radius 3 is 2.39 bits per heavy atom. The summed E-state index contributed by atoms with van der Waals surface area (Å²) in [6.07, 6.45) is 0.827. The minimum Gasteiger partial charge on any atom is -0.493 e. The number of nitrogens with zero attached hydrogens (tertiary/aromatic N) is 1. The predicted molar refractivity (Wildman–Crippen MR) is 89.2 cm³/mol. The first-order valence-corrected chi connectivity index (χ1v) is 7.72. The third kappa shape index (κ3) is 3.02. The van der Waals surface area contributed by atoms with E-state index in [0.717, 1.165) is 35.4 Å². The fourth-order valence-electron chi connectivity index (χ4n) is 3.02. The largest absolute Gasteiger partial charge is 0.493 e. The van der Waals surface area contributed by atoms with Crippen molar-refractivity contribution < 1.29 is 14.3 Å². The van der Waals surface area contributed by atoms with Crippen LogP contribution in [-0.2, 0) is 13.0 Å². The quantitative estimate of drug-likeness (QED) is 0.873. The molecule has 3 rings (SSSR count). The maximum atomic E-state index is 12.7. The van der Waals surface area contributed by atoms with Crippen LogP contribution >= 0.6 is 0 Å². The van der Waals surface area contributed by atoms with E-state index in [1.165, 1.54) is 5.56 Å². The lowest BCUT2D eigenvalue weighted by Crippen LogP contribution is -2.36. The maximum Gasteiger partial charge on any atom is 0.254 e. The van der Waals surface area contributed by atoms with Crippen LogP contribution in [0.4, 0.5) is 0 Å². The molecule has 4 heteroatoms. The van der Waals surface area contributed by atoms with Gasteiger partial charge in [-0.25, -0.2) is 0 Å². The van der Waals surface area contributed by atoms with E-state index in [2.05, 4.69) is 0 Å². The van der Waals surface area contributed by atoms with Gasteiger partial charge in [-0.1, -0.05) is 17.7 Å². The predicted octanol–water partition coefficient (Wildman–Crippen LogP) is 3.21. The Labute approximate surface area is 136 Å². The number of hydrogen-bond acceptors (Lipinski definition) is 3. The molecule has 120 valence electrons. The summed E-state index contributed by atoms with van der Waals surface area (Å²) >= 11 is 0. The van der Waals surface area contributed by atoms with Crippen LogP contribution in [0.15, 0.2) is 36.4 Å². The molecule has 0 unspecified atom stereocenters. The van der Waals surface area contributed by atoms with E-state index < -0.39 is 0 Å². The summed E-state index contributed by atoms with van der Waals surface area (Å²) in [6, 6.07) is 11.7. The van der Waals surface area contributed by atoms with Gasteiger partial charge >= 0.3 is 0 Å². The van der Waals surface area contributed by atoms with E-state index in [1.807, 2.05) is 48.2 Å². The van der Waals surface area contributed by atoms with E-state index in [-0.39, 0.29) is 5.91 Å². The highest BCUT2D eigenvalue weighted by Gasteiger charge is 2.23. The van der Waals surface area contributed by atoms with E-state index in [4.69, 9.17) is 9.47 Å². The first kappa shape index (κ1) is 15.4. The molecule has 0 saturated carbocycles. The number of hydrogen-bond donors (Lipinski definition) is 0. The van der Waals surface area contributed by atoms with Crippen molar-refractivity contribution in [1.29, 1.82) is 0 Å². The first-order valence-electron chi connectivity index (χ1n) is 7.72. The fraction of sp³-hybridized carbons (Fsp3) is 0.316. The molecule has 0 N–H and O–H groups in total. The monoisotopic (exact) mass is 311 g/mol. The summed E-state index contributed by atoms with van der Waals surface area (Å²) < 4.78 is 10.7. The second-order valence-electron chi connectivity index (χ2n) is 5.82. The summed E-state index contributed by atoms with van der Waals surface area (Å²) in [5.74, 6) is 1.52. The molecule has 1 amide bonds. The van der Waals surface area contributed by atoms with Crippen LogP contribution in [-0.4, -0.2) is 31.6 Å². The molecule has 4 nitrogen and oxygen atoms in total. The molecular formula is C19H21NO3. The van der Waals surface area contributed by atoms with Gasteiger partial charge in [0.2, 0.25) is 0 Å². The van der Waals surface area contributed by atoms with Crippen LogP contribution in [0, 0.1) is 6.92 Å². The van der Waals surface area contributed by atoms with Crippen LogP contribution in [0.2, 0.25) is 0 Å². The number of fused-ring (bicyclic) bond motifs is 1. The first-order chi connectivity index (χ1) is 11.1. The molecule has 1 aliphatic heterocycles. The van der Waals surface area contributed by atoms with E-state index in [1.54, 1.807) is 14.2 Å². The maximum absolute atomic E-state index is 12.7. The van der Waals surface area contributed by atoms with Gasteiger partial charge in [-0.2, -0.15) is 0 Å². The molecule has 2 aromatic rings. The average molecular weight is 311 g/mol. The Kier molecular flexibility index (Phi) is 4.24. The zero-order chi connectivity index (χ0) is 16.4. The minimum atomic E-state index is 0.0779. The molecular weight excluding hydrogens is 290 g/mol. The molecule has 0 atom stereocenters. The van der Waals surface area contributed by atoms with E-state index >= 15 is 0 Å². The summed E-state index contributed by atoms with van der Waals surface area (Å²) in [5, 5.41) is 0. The number of carbonyl (C=O) groups excluding carboxylic acids is 1. The molecule has 1 heterocycles. The van der Waals surface area contributed by atoms with Gasteiger partial charge in [0.15, 0.2) is 11.5 Å². The third-order valence-electron chi connectivity index (χ3n) is 4.27. The van der Waals surface area contributed by atoms with Gasteiger partial charge in [-0.05, 0) is 48.7 Å². The molecule has 0 fully saturated rings. The Balaban J connectivity index is 1.86. The zero-order valence-corrected chi connectivity index (χ0v) is 13.8. The Morgan fingerprint density at radius 1 is 1.04 bits per heavy atom. The van der Waals surface area contributed by atoms with Crippen molar-refractivity contribution in [3.63, 3.8) is 0 Å². The lowest BCUT2D eigenvalue weighted by atomic mass is 9.98. The molecule has 2 aromatic carbocycles. The summed E-state index contributed by atoms with van der Waals surface area (Å²) in [5.41, 5.74) is 4.18. The highest BCUT2D eigenvalue weighted by atomic mass is 16.5. The second kappa shape index (κ2) is 6.32. The van der Waals surface area contributed by atoms with Gasteiger partial charge in [-0.3, -0.25) is 4.79 Å². The van der Waals surface area contributed by atoms with Gasteiger partial charge in [0.05, 0.1) is 14.2 Å². The minimum absolute atomic E-state index is 0.0779. The molecule has 0 radical (unpaired) electrons. The van der Waals surface area contributed by atoms with E-state index in [9.17, 15) is 4.79 Å². The van der Waals surface area contributed by atoms with Crippen LogP contribution in [0.3, 0.4) is 0 Å². The van der Waals surface area contributed by atoms with Crippen LogP contribution in [0.1, 0.15) is 27.0 Å². The number of amides is 1. The van der Waals surface area contributed by atoms with Crippen molar-refractivity contribution >= 4 is 5.91 Å². The topological polar surface area (TPSA) is 38.8 Å². The van der Waals surface area contributed by atoms with Crippen LogP contribution in [0.25, 0.3) is 0 Å². The standard InChI is InChI=1S/C19H21NO3/c1-13-5-4-6-15(9-13)19(21)20-8-7-14-10-17(22-2)18(23-3)11-16(14)12-20/h4-6,9-11H,7-8,12H2,1-3H3. The number of methoxy groups -OCH3 is 2. The van der Waals surface area contributed by atoms with Gasteiger partial charge in [0.1, 0.15) is 0 Å². The summed E-state index contributed by atoms with van der Waals surface area (Å²) in [6.45, 7) is 3.32. The number of carbonyl (C=O) groups is 1. The summed E-state index contributed by atoms with van der Waals surface area (Å²) in [4.78, 5) is 14.6. The highest BCUT2D eigenvalue weighted by Crippen LogP contribution is 2.33. The van der Waals surface area contributed by atoms with Crippen molar-refractivity contribution in [2.75, 3.05) is 20.8 Å². The van der Waals surface area contributed by atoms with Crippen molar-refractivity contribution in [2.45, 2.75) is 19.9 Å². The Hall–Kier alpha value is -2.49. The van der Waals surface area contributed by atoms with Gasteiger partial charge in [0, 0.05) is 18.7 Å². The normalized spacial score (nSPS) is 13.4. The molecule has 23 heavy (non-hydrogen) atoms. The van der Waals surface area contributed by atoms with Crippen LogP contribution in [0.5, 0.6) is 11.5 Å². The lowest BCUT2D eigenvalue weighted by Gasteiger charge is -2.29. The zero-order valence-electron chi connectivity index (χ0n) is 13.8. The smallest absolute Gasteiger partial charge is 0.254 e. The highest BCUT2D eigenvalue weighted by molar-refractivity contribution is 5.94. The lowest BCUT2D eigenvalue weighted by molar-refractivity contribution is 0.0734.